The van der Waals surface area contributed by atoms with E-state index in [0.29, 0.717) is 19.5 Å². The van der Waals surface area contributed by atoms with Crippen LogP contribution < -0.4 is 0 Å². The second-order valence-electron chi connectivity index (χ2n) is 10.0. The topological polar surface area (TPSA) is 76.6 Å². The third kappa shape index (κ3) is 5.71. The van der Waals surface area contributed by atoms with Crippen LogP contribution in [0.2, 0.25) is 0 Å². The van der Waals surface area contributed by atoms with Crippen LogP contribution in [0.25, 0.3) is 27.9 Å². The lowest BCUT2D eigenvalue weighted by Crippen LogP contribution is -2.37. The van der Waals surface area contributed by atoms with Crippen LogP contribution in [0.15, 0.2) is 71.4 Å². The van der Waals surface area contributed by atoms with Gasteiger partial charge in [0.2, 0.25) is 5.91 Å². The van der Waals surface area contributed by atoms with E-state index in [1.54, 1.807) is 17.1 Å². The molecule has 8 heteroatoms. The summed E-state index contributed by atoms with van der Waals surface area (Å²) < 4.78 is 13.4. The second kappa shape index (κ2) is 11.3. The lowest BCUT2D eigenvalue weighted by atomic mass is 9.99. The Morgan fingerprint density at radius 2 is 1.89 bits per heavy atom. The van der Waals surface area contributed by atoms with Gasteiger partial charge in [0.15, 0.2) is 0 Å². The molecule has 8 nitrogen and oxygen atoms in total. The Balaban J connectivity index is 1.13. The van der Waals surface area contributed by atoms with Gasteiger partial charge in [-0.25, -0.2) is 0 Å². The number of rotatable bonds is 8. The van der Waals surface area contributed by atoms with Gasteiger partial charge in [0.1, 0.15) is 11.3 Å². The molecule has 0 spiro atoms. The van der Waals surface area contributed by atoms with E-state index in [1.165, 1.54) is 11.1 Å². The third-order valence-electron chi connectivity index (χ3n) is 7.45. The van der Waals surface area contributed by atoms with E-state index < -0.39 is 0 Å². The summed E-state index contributed by atoms with van der Waals surface area (Å²) in [5.41, 5.74) is 5.61. The van der Waals surface area contributed by atoms with Crippen molar-refractivity contribution in [1.29, 1.82) is 0 Å². The number of hydrogen-bond donors (Lipinski definition) is 0. The molecule has 2 aliphatic heterocycles. The molecule has 0 unspecified atom stereocenters. The molecule has 0 aliphatic carbocycles. The number of benzene rings is 2. The van der Waals surface area contributed by atoms with Gasteiger partial charge in [-0.3, -0.25) is 14.4 Å². The number of fused-ring (bicyclic) bond motifs is 1. The Kier molecular flexibility index (Phi) is 7.33. The minimum absolute atomic E-state index is 0.145. The Hall–Kier alpha value is -3.75. The number of aryl methyl sites for hydroxylation is 1. The molecule has 1 saturated heterocycles. The zero-order valence-corrected chi connectivity index (χ0v) is 21.6. The Morgan fingerprint density at radius 3 is 2.76 bits per heavy atom. The summed E-state index contributed by atoms with van der Waals surface area (Å²) in [5, 5.41) is 8.83. The van der Waals surface area contributed by atoms with Crippen molar-refractivity contribution >= 4 is 22.4 Å². The van der Waals surface area contributed by atoms with Gasteiger partial charge >= 0.3 is 0 Å². The molecule has 0 bridgehead atoms. The number of nitrogens with zero attached hydrogens (tertiary/aromatic N) is 5. The van der Waals surface area contributed by atoms with Crippen molar-refractivity contribution in [3.05, 3.63) is 78.1 Å². The van der Waals surface area contributed by atoms with Crippen molar-refractivity contribution in [2.75, 3.05) is 45.9 Å². The molecule has 0 atom stereocenters. The van der Waals surface area contributed by atoms with Gasteiger partial charge in [-0.1, -0.05) is 35.6 Å². The van der Waals surface area contributed by atoms with E-state index in [-0.39, 0.29) is 5.91 Å². The number of aromatic nitrogens is 3. The molecule has 2 aliphatic rings. The number of hydrogen-bond acceptors (Lipinski definition) is 6. The average molecular weight is 512 g/mol. The summed E-state index contributed by atoms with van der Waals surface area (Å²) in [6, 6.07) is 17.1. The van der Waals surface area contributed by atoms with Crippen LogP contribution in [-0.4, -0.2) is 76.6 Å². The largest absolute Gasteiger partial charge is 0.456 e. The predicted octanol–water partition coefficient (Wildman–Crippen LogP) is 4.27. The van der Waals surface area contributed by atoms with Crippen molar-refractivity contribution in [2.24, 2.45) is 0 Å². The molecule has 38 heavy (non-hydrogen) atoms. The van der Waals surface area contributed by atoms with E-state index in [4.69, 9.17) is 9.15 Å². The van der Waals surface area contributed by atoms with Gasteiger partial charge in [0, 0.05) is 56.3 Å². The highest BCUT2D eigenvalue weighted by atomic mass is 16.5. The molecule has 1 amide bonds. The van der Waals surface area contributed by atoms with Crippen LogP contribution in [0.3, 0.4) is 0 Å². The summed E-state index contributed by atoms with van der Waals surface area (Å²) in [6.07, 6.45) is 7.96. The standard InChI is InChI=1S/C30H33N5O3/c36-30(9-13-35-14-10-31-32-35)34-11-2-5-26(22-34)24-6-7-28-27(20-24)21-29(38-28)25-4-1-3-23(19-25)8-12-33-15-17-37-18-16-33/h1,3-7,10,14,19-21H,2,8-9,11-13,15-18,22H2. The smallest absolute Gasteiger partial charge is 0.224 e. The minimum Gasteiger partial charge on any atom is -0.456 e. The molecular formula is C30H33N5O3. The number of carbonyl (C=O) groups excluding carboxylic acids is 1. The molecule has 4 aromatic rings. The summed E-state index contributed by atoms with van der Waals surface area (Å²) >= 11 is 0. The quantitative estimate of drug-likeness (QED) is 0.352. The van der Waals surface area contributed by atoms with Crippen LogP contribution in [0.1, 0.15) is 24.0 Å². The number of carbonyl (C=O) groups is 1. The Morgan fingerprint density at radius 1 is 0.974 bits per heavy atom. The van der Waals surface area contributed by atoms with Crippen LogP contribution in [-0.2, 0) is 22.5 Å². The highest BCUT2D eigenvalue weighted by Crippen LogP contribution is 2.31. The van der Waals surface area contributed by atoms with Crippen LogP contribution in [0.5, 0.6) is 0 Å². The van der Waals surface area contributed by atoms with Crippen molar-refractivity contribution in [3.63, 3.8) is 0 Å². The fourth-order valence-corrected chi connectivity index (χ4v) is 5.26. The molecule has 2 aromatic carbocycles. The molecule has 0 N–H and O–H groups in total. The Bertz CT molecular complexity index is 1420. The molecule has 2 aromatic heterocycles. The van der Waals surface area contributed by atoms with E-state index in [0.717, 1.165) is 80.1 Å². The molecule has 196 valence electrons. The van der Waals surface area contributed by atoms with Crippen LogP contribution in [0.4, 0.5) is 0 Å². The second-order valence-corrected chi connectivity index (χ2v) is 10.0. The zero-order chi connectivity index (χ0) is 25.7. The summed E-state index contributed by atoms with van der Waals surface area (Å²) in [6.45, 7) is 6.65. The van der Waals surface area contributed by atoms with Crippen molar-refractivity contribution in [2.45, 2.75) is 25.8 Å². The van der Waals surface area contributed by atoms with E-state index in [1.807, 2.05) is 11.0 Å². The van der Waals surface area contributed by atoms with E-state index in [2.05, 4.69) is 63.8 Å². The third-order valence-corrected chi connectivity index (χ3v) is 7.45. The first-order chi connectivity index (χ1) is 18.7. The average Bonchev–Trinajstić information content (AvgIpc) is 3.65. The predicted molar refractivity (Wildman–Crippen MR) is 146 cm³/mol. The van der Waals surface area contributed by atoms with Gasteiger partial charge in [-0.05, 0) is 53.8 Å². The maximum Gasteiger partial charge on any atom is 0.224 e. The number of ether oxygens (including phenoxy) is 1. The molecule has 0 radical (unpaired) electrons. The first-order valence-electron chi connectivity index (χ1n) is 13.5. The first kappa shape index (κ1) is 24.6. The van der Waals surface area contributed by atoms with E-state index >= 15 is 0 Å². The van der Waals surface area contributed by atoms with E-state index in [9.17, 15) is 4.79 Å². The monoisotopic (exact) mass is 511 g/mol. The van der Waals surface area contributed by atoms with Crippen molar-refractivity contribution < 1.29 is 13.9 Å². The highest BCUT2D eigenvalue weighted by Gasteiger charge is 2.20. The minimum atomic E-state index is 0.145. The first-order valence-corrected chi connectivity index (χ1v) is 13.5. The Labute approximate surface area is 222 Å². The maximum atomic E-state index is 12.8. The van der Waals surface area contributed by atoms with Gasteiger partial charge < -0.3 is 14.1 Å². The van der Waals surface area contributed by atoms with Gasteiger partial charge in [0.05, 0.1) is 26.0 Å². The van der Waals surface area contributed by atoms with Crippen molar-refractivity contribution in [3.8, 4) is 11.3 Å². The number of furan rings is 1. The molecular weight excluding hydrogens is 478 g/mol. The fraction of sp³-hybridized carbons (Fsp3) is 0.367. The van der Waals surface area contributed by atoms with Crippen LogP contribution in [0, 0.1) is 0 Å². The number of morpholine rings is 1. The summed E-state index contributed by atoms with van der Waals surface area (Å²) in [5.74, 6) is 1.03. The van der Waals surface area contributed by atoms with Gasteiger partial charge in [-0.2, -0.15) is 0 Å². The van der Waals surface area contributed by atoms with Crippen LogP contribution >= 0.6 is 0 Å². The lowest BCUT2D eigenvalue weighted by molar-refractivity contribution is -0.131. The molecule has 4 heterocycles. The molecule has 1 fully saturated rings. The van der Waals surface area contributed by atoms with Crippen molar-refractivity contribution in [1.82, 2.24) is 24.8 Å². The molecule has 0 saturated carbocycles. The molecule has 6 rings (SSSR count). The highest BCUT2D eigenvalue weighted by molar-refractivity contribution is 5.87. The maximum absolute atomic E-state index is 12.8. The van der Waals surface area contributed by atoms with Gasteiger partial charge in [-0.15, -0.1) is 5.10 Å². The number of amides is 1. The SMILES string of the molecule is O=C(CCn1ccnn1)N1CCC=C(c2ccc3oc(-c4cccc(CCN5CCOCC5)c4)cc3c2)C1. The fourth-order valence-electron chi connectivity index (χ4n) is 5.26. The summed E-state index contributed by atoms with van der Waals surface area (Å²) in [4.78, 5) is 17.2. The van der Waals surface area contributed by atoms with Gasteiger partial charge in [0.25, 0.3) is 0 Å². The summed E-state index contributed by atoms with van der Waals surface area (Å²) in [7, 11) is 0. The normalized spacial score (nSPS) is 16.6. The lowest BCUT2D eigenvalue weighted by Gasteiger charge is -2.27. The zero-order valence-electron chi connectivity index (χ0n) is 21.6.